The molecule has 26 heavy (non-hydrogen) atoms. The van der Waals surface area contributed by atoms with E-state index in [1.54, 1.807) is 0 Å². The van der Waals surface area contributed by atoms with Gasteiger partial charge in [0.15, 0.2) is 0 Å². The largest absolute Gasteiger partial charge is 0.367 e. The Morgan fingerprint density at radius 2 is 2.04 bits per heavy atom. The Bertz CT molecular complexity index is 885. The highest BCUT2D eigenvalue weighted by molar-refractivity contribution is 5.59. The molecule has 0 amide bonds. The fourth-order valence-corrected chi connectivity index (χ4v) is 3.23. The molecule has 4 rings (SSSR count). The molecule has 134 valence electrons. The van der Waals surface area contributed by atoms with Gasteiger partial charge in [0.1, 0.15) is 12.4 Å². The first-order valence-corrected chi connectivity index (χ1v) is 9.05. The number of pyridine rings is 1. The second kappa shape index (κ2) is 7.40. The Hall–Kier alpha value is -2.50. The zero-order valence-corrected chi connectivity index (χ0v) is 15.3. The van der Waals surface area contributed by atoms with Crippen molar-refractivity contribution in [3.63, 3.8) is 0 Å². The van der Waals surface area contributed by atoms with Gasteiger partial charge < -0.3 is 14.6 Å². The molecule has 2 aromatic heterocycles. The molecule has 0 aliphatic carbocycles. The third kappa shape index (κ3) is 3.69. The summed E-state index contributed by atoms with van der Waals surface area (Å²) in [4.78, 5) is 9.15. The van der Waals surface area contributed by atoms with Crippen LogP contribution < -0.4 is 5.32 Å². The van der Waals surface area contributed by atoms with Crippen LogP contribution in [0.25, 0.3) is 11.3 Å². The van der Waals surface area contributed by atoms with Gasteiger partial charge in [0.2, 0.25) is 0 Å². The predicted molar refractivity (Wildman–Crippen MR) is 102 cm³/mol. The number of hydrogen-bond donors (Lipinski definition) is 1. The van der Waals surface area contributed by atoms with Crippen LogP contribution in [0.5, 0.6) is 0 Å². The lowest BCUT2D eigenvalue weighted by molar-refractivity contribution is 0.00274. The van der Waals surface area contributed by atoms with Gasteiger partial charge in [-0.25, -0.2) is 4.98 Å². The molecule has 0 saturated carbocycles. The molecule has 0 fully saturated rings. The van der Waals surface area contributed by atoms with E-state index in [2.05, 4.69) is 65.2 Å². The second-order valence-electron chi connectivity index (χ2n) is 6.89. The average molecular weight is 348 g/mol. The van der Waals surface area contributed by atoms with E-state index in [1.165, 1.54) is 11.1 Å². The molecule has 1 aromatic carbocycles. The lowest BCUT2D eigenvalue weighted by Crippen LogP contribution is -2.36. The van der Waals surface area contributed by atoms with E-state index in [4.69, 9.17) is 9.72 Å². The summed E-state index contributed by atoms with van der Waals surface area (Å²) in [6.45, 7) is 7.13. The average Bonchev–Trinajstić information content (AvgIpc) is 3.07. The number of fused-ring (bicyclic) bond motifs is 1. The van der Waals surface area contributed by atoms with Gasteiger partial charge in [0, 0.05) is 31.0 Å². The van der Waals surface area contributed by atoms with Crippen molar-refractivity contribution in [1.29, 1.82) is 0 Å². The van der Waals surface area contributed by atoms with Crippen molar-refractivity contribution in [3.8, 4) is 11.3 Å². The van der Waals surface area contributed by atoms with E-state index in [0.717, 1.165) is 42.4 Å². The van der Waals surface area contributed by atoms with Crippen LogP contribution in [0.3, 0.4) is 0 Å². The minimum absolute atomic E-state index is 0.145. The standard InChI is InChI=1S/C21H24N4O/c1-15-5-7-17(8-6-15)20-13-25-12-18(26-14-21(25)24-20)10-22-11-19-16(2)4-3-9-23-19/h3-9,13,18,22H,10-12,14H2,1-2H3/t18-/m0/s1. The van der Waals surface area contributed by atoms with Crippen molar-refractivity contribution >= 4 is 0 Å². The van der Waals surface area contributed by atoms with Crippen LogP contribution in [0, 0.1) is 13.8 Å². The summed E-state index contributed by atoms with van der Waals surface area (Å²) < 4.78 is 8.19. The summed E-state index contributed by atoms with van der Waals surface area (Å²) in [7, 11) is 0. The van der Waals surface area contributed by atoms with Gasteiger partial charge >= 0.3 is 0 Å². The number of rotatable bonds is 5. The SMILES string of the molecule is Cc1ccc(-c2cn3c(n2)CO[C@@H](CNCc2ncccc2C)C3)cc1. The fraction of sp³-hybridized carbons (Fsp3) is 0.333. The minimum atomic E-state index is 0.145. The molecule has 5 nitrogen and oxygen atoms in total. The summed E-state index contributed by atoms with van der Waals surface area (Å²) in [5, 5.41) is 3.47. The molecule has 0 bridgehead atoms. The lowest BCUT2D eigenvalue weighted by Gasteiger charge is -2.24. The van der Waals surface area contributed by atoms with Gasteiger partial charge in [0.05, 0.1) is 24.0 Å². The van der Waals surface area contributed by atoms with Crippen molar-refractivity contribution in [1.82, 2.24) is 19.9 Å². The topological polar surface area (TPSA) is 52.0 Å². The molecule has 1 aliphatic rings. The van der Waals surface area contributed by atoms with E-state index in [-0.39, 0.29) is 6.10 Å². The molecule has 1 aliphatic heterocycles. The van der Waals surface area contributed by atoms with Crippen LogP contribution in [-0.4, -0.2) is 27.2 Å². The number of aromatic nitrogens is 3. The van der Waals surface area contributed by atoms with Crippen LogP contribution in [-0.2, 0) is 24.4 Å². The van der Waals surface area contributed by atoms with E-state index in [1.807, 2.05) is 12.3 Å². The maximum absolute atomic E-state index is 5.97. The normalized spacial score (nSPS) is 16.5. The molecule has 1 N–H and O–H groups in total. The summed E-state index contributed by atoms with van der Waals surface area (Å²) in [5.41, 5.74) is 5.73. The molecule has 3 heterocycles. The van der Waals surface area contributed by atoms with E-state index >= 15 is 0 Å². The Morgan fingerprint density at radius 1 is 1.19 bits per heavy atom. The fourth-order valence-electron chi connectivity index (χ4n) is 3.23. The number of ether oxygens (including phenoxy) is 1. The van der Waals surface area contributed by atoms with Gasteiger partial charge in [-0.15, -0.1) is 0 Å². The van der Waals surface area contributed by atoms with Gasteiger partial charge in [-0.05, 0) is 25.5 Å². The second-order valence-corrected chi connectivity index (χ2v) is 6.89. The van der Waals surface area contributed by atoms with Gasteiger partial charge in [-0.2, -0.15) is 0 Å². The molecule has 0 radical (unpaired) electrons. The molecule has 1 atom stereocenters. The number of aryl methyl sites for hydroxylation is 2. The predicted octanol–water partition coefficient (Wildman–Crippen LogP) is 3.25. The third-order valence-corrected chi connectivity index (χ3v) is 4.84. The van der Waals surface area contributed by atoms with E-state index in [9.17, 15) is 0 Å². The van der Waals surface area contributed by atoms with Crippen LogP contribution in [0.1, 0.15) is 22.6 Å². The first-order valence-electron chi connectivity index (χ1n) is 9.05. The molecular weight excluding hydrogens is 324 g/mol. The Morgan fingerprint density at radius 3 is 2.85 bits per heavy atom. The minimum Gasteiger partial charge on any atom is -0.367 e. The summed E-state index contributed by atoms with van der Waals surface area (Å²) in [6.07, 6.45) is 4.12. The summed E-state index contributed by atoms with van der Waals surface area (Å²) in [5.74, 6) is 0.998. The summed E-state index contributed by atoms with van der Waals surface area (Å²) >= 11 is 0. The van der Waals surface area contributed by atoms with E-state index in [0.29, 0.717) is 6.61 Å². The van der Waals surface area contributed by atoms with Crippen molar-refractivity contribution in [3.05, 3.63) is 71.4 Å². The van der Waals surface area contributed by atoms with Crippen molar-refractivity contribution in [2.45, 2.75) is 39.6 Å². The highest BCUT2D eigenvalue weighted by Gasteiger charge is 2.21. The highest BCUT2D eigenvalue weighted by atomic mass is 16.5. The van der Waals surface area contributed by atoms with Crippen LogP contribution >= 0.6 is 0 Å². The first kappa shape index (κ1) is 16.9. The molecule has 5 heteroatoms. The van der Waals surface area contributed by atoms with Crippen molar-refractivity contribution in [2.75, 3.05) is 6.54 Å². The molecule has 0 spiro atoms. The van der Waals surface area contributed by atoms with E-state index < -0.39 is 0 Å². The van der Waals surface area contributed by atoms with Crippen LogP contribution in [0.4, 0.5) is 0 Å². The van der Waals surface area contributed by atoms with Crippen molar-refractivity contribution in [2.24, 2.45) is 0 Å². The number of hydrogen-bond acceptors (Lipinski definition) is 4. The highest BCUT2D eigenvalue weighted by Crippen LogP contribution is 2.22. The van der Waals surface area contributed by atoms with Crippen molar-refractivity contribution < 1.29 is 4.74 Å². The maximum Gasteiger partial charge on any atom is 0.135 e. The number of nitrogens with one attached hydrogen (secondary N) is 1. The smallest absolute Gasteiger partial charge is 0.135 e. The molecule has 0 unspecified atom stereocenters. The number of imidazole rings is 1. The Balaban J connectivity index is 1.37. The number of benzene rings is 1. The maximum atomic E-state index is 5.97. The number of nitrogens with zero attached hydrogens (tertiary/aromatic N) is 3. The van der Waals surface area contributed by atoms with Gasteiger partial charge in [0.25, 0.3) is 0 Å². The zero-order chi connectivity index (χ0) is 17.9. The molecular formula is C21H24N4O. The Kier molecular flexibility index (Phi) is 4.82. The quantitative estimate of drug-likeness (QED) is 0.769. The zero-order valence-electron chi connectivity index (χ0n) is 15.3. The molecule has 3 aromatic rings. The van der Waals surface area contributed by atoms with Gasteiger partial charge in [-0.3, -0.25) is 4.98 Å². The monoisotopic (exact) mass is 348 g/mol. The third-order valence-electron chi connectivity index (χ3n) is 4.84. The Labute approximate surface area is 154 Å². The summed E-state index contributed by atoms with van der Waals surface area (Å²) in [6, 6.07) is 12.5. The van der Waals surface area contributed by atoms with Gasteiger partial charge in [-0.1, -0.05) is 35.9 Å². The van der Waals surface area contributed by atoms with Crippen LogP contribution in [0.15, 0.2) is 48.8 Å². The lowest BCUT2D eigenvalue weighted by atomic mass is 10.1. The van der Waals surface area contributed by atoms with Crippen LogP contribution in [0.2, 0.25) is 0 Å². The molecule has 0 saturated heterocycles. The first-order chi connectivity index (χ1) is 12.7.